The lowest BCUT2D eigenvalue weighted by Gasteiger charge is -2.29. The zero-order chi connectivity index (χ0) is 12.4. The van der Waals surface area contributed by atoms with Gasteiger partial charge in [0, 0.05) is 12.6 Å². The highest BCUT2D eigenvalue weighted by atomic mass is 35.5. The van der Waals surface area contributed by atoms with Crippen molar-refractivity contribution in [3.63, 3.8) is 0 Å². The smallest absolute Gasteiger partial charge is 0.137 e. The fourth-order valence-corrected chi connectivity index (χ4v) is 2.31. The molecule has 1 heterocycles. The van der Waals surface area contributed by atoms with Crippen LogP contribution >= 0.6 is 11.6 Å². The van der Waals surface area contributed by atoms with E-state index < -0.39 is 0 Å². The van der Waals surface area contributed by atoms with Crippen molar-refractivity contribution in [2.45, 2.75) is 26.0 Å². The molecule has 4 heteroatoms. The molecule has 2 atom stereocenters. The van der Waals surface area contributed by atoms with Gasteiger partial charge in [0.1, 0.15) is 5.75 Å². The Morgan fingerprint density at radius 2 is 2.24 bits per heavy atom. The van der Waals surface area contributed by atoms with Crippen LogP contribution in [0.4, 0.5) is 0 Å². The molecule has 94 valence electrons. The summed E-state index contributed by atoms with van der Waals surface area (Å²) < 4.78 is 11.0. The average molecular weight is 256 g/mol. The topological polar surface area (TPSA) is 30.5 Å². The average Bonchev–Trinajstić information content (AvgIpc) is 2.33. The molecule has 0 radical (unpaired) electrons. The maximum atomic E-state index is 6.15. The summed E-state index contributed by atoms with van der Waals surface area (Å²) in [5.74, 6) is 0.713. The summed E-state index contributed by atoms with van der Waals surface area (Å²) in [4.78, 5) is 0. The van der Waals surface area contributed by atoms with Crippen molar-refractivity contribution < 1.29 is 9.47 Å². The van der Waals surface area contributed by atoms with Crippen molar-refractivity contribution in [3.05, 3.63) is 28.3 Å². The van der Waals surface area contributed by atoms with Gasteiger partial charge >= 0.3 is 0 Å². The minimum atomic E-state index is 0.0783. The lowest BCUT2D eigenvalue weighted by atomic mass is 10.0. The summed E-state index contributed by atoms with van der Waals surface area (Å²) in [6, 6.07) is 4.32. The summed E-state index contributed by atoms with van der Waals surface area (Å²) in [5.41, 5.74) is 2.28. The number of hydrogen-bond donors (Lipinski definition) is 1. The van der Waals surface area contributed by atoms with Crippen LogP contribution in [0.15, 0.2) is 12.1 Å². The third kappa shape index (κ3) is 2.73. The first-order valence-corrected chi connectivity index (χ1v) is 6.18. The lowest BCUT2D eigenvalue weighted by Crippen LogP contribution is -2.40. The molecule has 0 amide bonds. The monoisotopic (exact) mass is 255 g/mol. The fraction of sp³-hybridized carbons (Fsp3) is 0.538. The highest BCUT2D eigenvalue weighted by Crippen LogP contribution is 2.32. The maximum Gasteiger partial charge on any atom is 0.137 e. The number of rotatable bonds is 2. The normalized spacial score (nSPS) is 24.7. The van der Waals surface area contributed by atoms with Gasteiger partial charge in [0.2, 0.25) is 0 Å². The van der Waals surface area contributed by atoms with E-state index in [-0.39, 0.29) is 6.10 Å². The Balaban J connectivity index is 2.23. The van der Waals surface area contributed by atoms with Crippen molar-refractivity contribution >= 4 is 11.6 Å². The van der Waals surface area contributed by atoms with Crippen LogP contribution in [0.5, 0.6) is 5.75 Å². The van der Waals surface area contributed by atoms with Gasteiger partial charge in [0.05, 0.1) is 24.8 Å². The van der Waals surface area contributed by atoms with E-state index in [0.29, 0.717) is 16.8 Å². The van der Waals surface area contributed by atoms with Gasteiger partial charge in [-0.25, -0.2) is 0 Å². The van der Waals surface area contributed by atoms with E-state index in [1.165, 1.54) is 0 Å². The Labute approximate surface area is 107 Å². The van der Waals surface area contributed by atoms with Crippen molar-refractivity contribution in [1.29, 1.82) is 0 Å². The molecule has 0 aliphatic carbocycles. The molecule has 0 bridgehead atoms. The Hall–Kier alpha value is -0.770. The summed E-state index contributed by atoms with van der Waals surface area (Å²) >= 11 is 6.15. The largest absolute Gasteiger partial charge is 0.495 e. The number of morpholine rings is 1. The molecule has 1 N–H and O–H groups in total. The van der Waals surface area contributed by atoms with Crippen LogP contribution in [0.3, 0.4) is 0 Å². The van der Waals surface area contributed by atoms with E-state index in [2.05, 4.69) is 19.2 Å². The standard InChI is InChI=1S/C13H18ClNO2/c1-8-4-12(16-3)11(14)5-10(8)13-6-15-9(2)7-17-13/h4-5,9,13,15H,6-7H2,1-3H3. The molecule has 0 aromatic heterocycles. The fourth-order valence-electron chi connectivity index (χ4n) is 2.06. The second kappa shape index (κ2) is 5.25. The van der Waals surface area contributed by atoms with Gasteiger partial charge in [0.25, 0.3) is 0 Å². The van der Waals surface area contributed by atoms with E-state index in [4.69, 9.17) is 21.1 Å². The highest BCUT2D eigenvalue weighted by Gasteiger charge is 2.22. The molecule has 1 aromatic carbocycles. The second-order valence-electron chi connectivity index (χ2n) is 4.47. The Kier molecular flexibility index (Phi) is 3.92. The second-order valence-corrected chi connectivity index (χ2v) is 4.88. The highest BCUT2D eigenvalue weighted by molar-refractivity contribution is 6.32. The Bertz CT molecular complexity index is 401. The Morgan fingerprint density at radius 1 is 1.47 bits per heavy atom. The molecule has 1 aromatic rings. The van der Waals surface area contributed by atoms with E-state index in [9.17, 15) is 0 Å². The first-order chi connectivity index (χ1) is 8.11. The van der Waals surface area contributed by atoms with Gasteiger partial charge in [-0.15, -0.1) is 0 Å². The van der Waals surface area contributed by atoms with Gasteiger partial charge in [-0.05, 0) is 37.1 Å². The summed E-state index contributed by atoms with van der Waals surface area (Å²) in [7, 11) is 1.63. The van der Waals surface area contributed by atoms with Crippen LogP contribution in [0.1, 0.15) is 24.2 Å². The zero-order valence-corrected chi connectivity index (χ0v) is 11.2. The molecule has 1 fully saturated rings. The number of aryl methyl sites for hydroxylation is 1. The SMILES string of the molecule is COc1cc(C)c(C2CNC(C)CO2)cc1Cl. The molecule has 0 saturated carbocycles. The number of ether oxygens (including phenoxy) is 2. The summed E-state index contributed by atoms with van der Waals surface area (Å²) in [5, 5.41) is 4.04. The van der Waals surface area contributed by atoms with Crippen LogP contribution in [0.25, 0.3) is 0 Å². The van der Waals surface area contributed by atoms with Gasteiger partial charge in [-0.2, -0.15) is 0 Å². The van der Waals surface area contributed by atoms with Crippen LogP contribution in [0, 0.1) is 6.92 Å². The Morgan fingerprint density at radius 3 is 2.82 bits per heavy atom. The minimum Gasteiger partial charge on any atom is -0.495 e. The van der Waals surface area contributed by atoms with Gasteiger partial charge in [0.15, 0.2) is 0 Å². The van der Waals surface area contributed by atoms with Crippen molar-refractivity contribution in [2.75, 3.05) is 20.3 Å². The van der Waals surface area contributed by atoms with E-state index in [1.54, 1.807) is 7.11 Å². The number of nitrogens with one attached hydrogen (secondary N) is 1. The summed E-state index contributed by atoms with van der Waals surface area (Å²) in [6.07, 6.45) is 0.0783. The van der Waals surface area contributed by atoms with Crippen LogP contribution < -0.4 is 10.1 Å². The molecule has 1 aliphatic heterocycles. The van der Waals surface area contributed by atoms with E-state index in [1.807, 2.05) is 12.1 Å². The number of methoxy groups -OCH3 is 1. The molecule has 3 nitrogen and oxygen atoms in total. The van der Waals surface area contributed by atoms with Crippen molar-refractivity contribution in [3.8, 4) is 5.75 Å². The van der Waals surface area contributed by atoms with Gasteiger partial charge < -0.3 is 14.8 Å². The maximum absolute atomic E-state index is 6.15. The van der Waals surface area contributed by atoms with E-state index >= 15 is 0 Å². The minimum absolute atomic E-state index is 0.0783. The third-order valence-electron chi connectivity index (χ3n) is 3.09. The predicted octanol–water partition coefficient (Wildman–Crippen LogP) is 2.71. The molecule has 17 heavy (non-hydrogen) atoms. The quantitative estimate of drug-likeness (QED) is 0.882. The van der Waals surface area contributed by atoms with Crippen molar-refractivity contribution in [1.82, 2.24) is 5.32 Å². The first kappa shape index (κ1) is 12.7. The molecule has 2 unspecified atom stereocenters. The molecule has 2 rings (SSSR count). The zero-order valence-electron chi connectivity index (χ0n) is 10.4. The molecule has 1 saturated heterocycles. The van der Waals surface area contributed by atoms with E-state index in [0.717, 1.165) is 24.3 Å². The predicted molar refractivity (Wildman–Crippen MR) is 68.9 cm³/mol. The van der Waals surface area contributed by atoms with Gasteiger partial charge in [-0.3, -0.25) is 0 Å². The number of hydrogen-bond acceptors (Lipinski definition) is 3. The van der Waals surface area contributed by atoms with Crippen LogP contribution in [-0.2, 0) is 4.74 Å². The first-order valence-electron chi connectivity index (χ1n) is 5.81. The van der Waals surface area contributed by atoms with Crippen molar-refractivity contribution in [2.24, 2.45) is 0 Å². The number of benzene rings is 1. The molecule has 0 spiro atoms. The van der Waals surface area contributed by atoms with Crippen LogP contribution in [-0.4, -0.2) is 26.3 Å². The number of halogens is 1. The van der Waals surface area contributed by atoms with Crippen LogP contribution in [0.2, 0.25) is 5.02 Å². The molecule has 1 aliphatic rings. The molecular weight excluding hydrogens is 238 g/mol. The molecular formula is C13H18ClNO2. The summed E-state index contributed by atoms with van der Waals surface area (Å²) in [6.45, 7) is 5.72. The van der Waals surface area contributed by atoms with Gasteiger partial charge in [-0.1, -0.05) is 11.6 Å². The lowest BCUT2D eigenvalue weighted by molar-refractivity contribution is 0.00659. The third-order valence-corrected chi connectivity index (χ3v) is 3.38.